The van der Waals surface area contributed by atoms with Crippen molar-refractivity contribution in [1.82, 2.24) is 15.0 Å². The number of fused-ring (bicyclic) bond motifs is 1. The lowest BCUT2D eigenvalue weighted by atomic mass is 10.2. The standard InChI is InChI=1S/C7H3ClF3N3/c8-5-3(7(9,10)11)1-4-6(14-5)13-2-12-4/h1-2H,(H,12,13,14). The summed E-state index contributed by atoms with van der Waals surface area (Å²) in [6.45, 7) is 0. The van der Waals surface area contributed by atoms with E-state index in [1.165, 1.54) is 6.33 Å². The molecule has 0 radical (unpaired) electrons. The molecule has 0 aromatic carbocycles. The van der Waals surface area contributed by atoms with Gasteiger partial charge in [-0.3, -0.25) is 0 Å². The van der Waals surface area contributed by atoms with E-state index in [1.807, 2.05) is 0 Å². The summed E-state index contributed by atoms with van der Waals surface area (Å²) in [6.07, 6.45) is -3.24. The van der Waals surface area contributed by atoms with E-state index in [2.05, 4.69) is 15.0 Å². The van der Waals surface area contributed by atoms with Crippen LogP contribution in [0.15, 0.2) is 12.4 Å². The molecule has 0 amide bonds. The fourth-order valence-electron chi connectivity index (χ4n) is 1.05. The molecule has 2 rings (SSSR count). The summed E-state index contributed by atoms with van der Waals surface area (Å²) in [4.78, 5) is 9.72. The third-order valence-electron chi connectivity index (χ3n) is 1.67. The first kappa shape index (κ1) is 9.26. The summed E-state index contributed by atoms with van der Waals surface area (Å²) in [7, 11) is 0. The fourth-order valence-corrected chi connectivity index (χ4v) is 1.29. The van der Waals surface area contributed by atoms with E-state index in [1.54, 1.807) is 0 Å². The van der Waals surface area contributed by atoms with Gasteiger partial charge in [-0.1, -0.05) is 11.6 Å². The first-order valence-electron chi connectivity index (χ1n) is 3.55. The van der Waals surface area contributed by atoms with Gasteiger partial charge in [0.05, 0.1) is 17.4 Å². The molecule has 0 bridgehead atoms. The number of nitrogens with zero attached hydrogens (tertiary/aromatic N) is 2. The number of alkyl halides is 3. The highest BCUT2D eigenvalue weighted by Gasteiger charge is 2.34. The van der Waals surface area contributed by atoms with Gasteiger partial charge >= 0.3 is 6.18 Å². The normalized spacial score (nSPS) is 12.3. The molecule has 0 unspecified atom stereocenters. The van der Waals surface area contributed by atoms with Crippen LogP contribution in [-0.2, 0) is 6.18 Å². The number of imidazole rings is 1. The third-order valence-corrected chi connectivity index (χ3v) is 1.96. The van der Waals surface area contributed by atoms with Crippen LogP contribution in [0, 0.1) is 0 Å². The molecule has 1 N–H and O–H groups in total. The number of halogens is 4. The van der Waals surface area contributed by atoms with E-state index < -0.39 is 16.9 Å². The molecule has 2 aromatic heterocycles. The van der Waals surface area contributed by atoms with Gasteiger partial charge in [-0.15, -0.1) is 0 Å². The molecule has 74 valence electrons. The van der Waals surface area contributed by atoms with Crippen LogP contribution in [0.5, 0.6) is 0 Å². The zero-order valence-electron chi connectivity index (χ0n) is 6.56. The van der Waals surface area contributed by atoms with Crippen LogP contribution in [0.2, 0.25) is 5.15 Å². The number of aromatic amines is 1. The van der Waals surface area contributed by atoms with E-state index in [4.69, 9.17) is 11.6 Å². The fraction of sp³-hybridized carbons (Fsp3) is 0.143. The van der Waals surface area contributed by atoms with Gasteiger partial charge in [0.1, 0.15) is 5.15 Å². The Balaban J connectivity index is 2.71. The molecule has 0 atom stereocenters. The van der Waals surface area contributed by atoms with E-state index in [0.717, 1.165) is 6.07 Å². The summed E-state index contributed by atoms with van der Waals surface area (Å²) < 4.78 is 37.0. The maximum atomic E-state index is 12.3. The molecule has 2 aromatic rings. The Labute approximate surface area is 80.9 Å². The van der Waals surface area contributed by atoms with Gasteiger partial charge in [-0.25, -0.2) is 9.97 Å². The molecule has 0 saturated carbocycles. The van der Waals surface area contributed by atoms with Crippen LogP contribution in [-0.4, -0.2) is 15.0 Å². The van der Waals surface area contributed by atoms with Crippen LogP contribution in [0.25, 0.3) is 11.2 Å². The second-order valence-corrected chi connectivity index (χ2v) is 2.96. The molecule has 0 aliphatic carbocycles. The van der Waals surface area contributed by atoms with Crippen molar-refractivity contribution in [2.45, 2.75) is 6.18 Å². The molecule has 2 heterocycles. The molecule has 0 aliphatic rings. The van der Waals surface area contributed by atoms with Crippen LogP contribution >= 0.6 is 11.6 Å². The summed E-state index contributed by atoms with van der Waals surface area (Å²) in [5.41, 5.74) is -0.583. The van der Waals surface area contributed by atoms with Crippen molar-refractivity contribution >= 4 is 22.8 Å². The molecule has 14 heavy (non-hydrogen) atoms. The van der Waals surface area contributed by atoms with Gasteiger partial charge in [-0.05, 0) is 6.07 Å². The molecular weight excluding hydrogens is 219 g/mol. The van der Waals surface area contributed by atoms with Gasteiger partial charge in [0.15, 0.2) is 5.65 Å². The van der Waals surface area contributed by atoms with Crippen molar-refractivity contribution < 1.29 is 13.2 Å². The third kappa shape index (κ3) is 1.41. The molecule has 3 nitrogen and oxygen atoms in total. The molecule has 7 heteroatoms. The first-order chi connectivity index (χ1) is 6.48. The van der Waals surface area contributed by atoms with Gasteiger partial charge < -0.3 is 4.98 Å². The van der Waals surface area contributed by atoms with Gasteiger partial charge in [0.25, 0.3) is 0 Å². The quantitative estimate of drug-likeness (QED) is 0.695. The predicted octanol–water partition coefficient (Wildman–Crippen LogP) is 2.63. The minimum atomic E-state index is -4.50. The van der Waals surface area contributed by atoms with E-state index >= 15 is 0 Å². The summed E-state index contributed by atoms with van der Waals surface area (Å²) in [5, 5.41) is -0.586. The second kappa shape index (κ2) is 2.84. The molecular formula is C7H3ClF3N3. The predicted molar refractivity (Wildman–Crippen MR) is 43.9 cm³/mol. The maximum absolute atomic E-state index is 12.3. The smallest absolute Gasteiger partial charge is 0.343 e. The Bertz CT molecular complexity index is 476. The number of H-pyrrole nitrogens is 1. The molecule has 0 saturated heterocycles. The van der Waals surface area contributed by atoms with Crippen molar-refractivity contribution in [3.63, 3.8) is 0 Å². The van der Waals surface area contributed by atoms with Crippen LogP contribution in [0.3, 0.4) is 0 Å². The van der Waals surface area contributed by atoms with Gasteiger partial charge in [0, 0.05) is 0 Å². The number of rotatable bonds is 0. The largest absolute Gasteiger partial charge is 0.419 e. The number of hydrogen-bond acceptors (Lipinski definition) is 2. The van der Waals surface area contributed by atoms with E-state index in [-0.39, 0.29) is 11.2 Å². The lowest BCUT2D eigenvalue weighted by Crippen LogP contribution is -2.06. The highest BCUT2D eigenvalue weighted by atomic mass is 35.5. The zero-order chi connectivity index (χ0) is 10.3. The van der Waals surface area contributed by atoms with Crippen LogP contribution < -0.4 is 0 Å². The average Bonchev–Trinajstić information content (AvgIpc) is 2.47. The SMILES string of the molecule is FC(F)(F)c1cc2[nH]cnc2nc1Cl. The Hall–Kier alpha value is -1.30. The summed E-state index contributed by atoms with van der Waals surface area (Å²) >= 11 is 5.36. The Kier molecular flexibility index (Phi) is 1.88. The molecule has 0 spiro atoms. The Morgan fingerprint density at radius 1 is 1.36 bits per heavy atom. The lowest BCUT2D eigenvalue weighted by Gasteiger charge is -2.07. The summed E-state index contributed by atoms with van der Waals surface area (Å²) in [6, 6.07) is 0.887. The van der Waals surface area contributed by atoms with Crippen molar-refractivity contribution in [1.29, 1.82) is 0 Å². The molecule has 0 aliphatic heterocycles. The van der Waals surface area contributed by atoms with Crippen LogP contribution in [0.4, 0.5) is 13.2 Å². The lowest BCUT2D eigenvalue weighted by molar-refractivity contribution is -0.137. The second-order valence-electron chi connectivity index (χ2n) is 2.60. The van der Waals surface area contributed by atoms with Gasteiger partial charge in [-0.2, -0.15) is 13.2 Å². The number of hydrogen-bond donors (Lipinski definition) is 1. The minimum absolute atomic E-state index is 0.169. The van der Waals surface area contributed by atoms with Crippen molar-refractivity contribution in [2.24, 2.45) is 0 Å². The number of pyridine rings is 1. The summed E-state index contributed by atoms with van der Waals surface area (Å²) in [5.74, 6) is 0. The first-order valence-corrected chi connectivity index (χ1v) is 3.93. The average molecular weight is 222 g/mol. The van der Waals surface area contributed by atoms with Gasteiger partial charge in [0.2, 0.25) is 0 Å². The zero-order valence-corrected chi connectivity index (χ0v) is 7.32. The molecule has 0 fully saturated rings. The van der Waals surface area contributed by atoms with Crippen LogP contribution in [0.1, 0.15) is 5.56 Å². The monoisotopic (exact) mass is 221 g/mol. The number of aromatic nitrogens is 3. The topological polar surface area (TPSA) is 41.6 Å². The van der Waals surface area contributed by atoms with Crippen molar-refractivity contribution in [3.05, 3.63) is 23.1 Å². The minimum Gasteiger partial charge on any atom is -0.343 e. The Morgan fingerprint density at radius 3 is 2.71 bits per heavy atom. The number of nitrogens with one attached hydrogen (secondary N) is 1. The van der Waals surface area contributed by atoms with E-state index in [0.29, 0.717) is 0 Å². The van der Waals surface area contributed by atoms with Crippen molar-refractivity contribution in [2.75, 3.05) is 0 Å². The highest BCUT2D eigenvalue weighted by Crippen LogP contribution is 2.34. The van der Waals surface area contributed by atoms with E-state index in [9.17, 15) is 13.2 Å². The highest BCUT2D eigenvalue weighted by molar-refractivity contribution is 6.30. The maximum Gasteiger partial charge on any atom is 0.419 e. The Morgan fingerprint density at radius 2 is 2.07 bits per heavy atom. The van der Waals surface area contributed by atoms with Crippen molar-refractivity contribution in [3.8, 4) is 0 Å².